The third-order valence-corrected chi connectivity index (χ3v) is 2.64. The molecule has 2 atom stereocenters. The first-order chi connectivity index (χ1) is 8.58. The number of hydrogen-bond donors (Lipinski definition) is 0. The monoisotopic (exact) mass is 262 g/mol. The zero-order chi connectivity index (χ0) is 13.1. The van der Waals surface area contributed by atoms with Crippen LogP contribution in [-0.2, 0) is 16.0 Å². The van der Waals surface area contributed by atoms with Crippen LogP contribution in [0.2, 0.25) is 0 Å². The van der Waals surface area contributed by atoms with Crippen molar-refractivity contribution in [3.05, 3.63) is 30.1 Å². The molecule has 2 heterocycles. The molecule has 0 saturated carbocycles. The predicted molar refractivity (Wildman–Crippen MR) is 56.5 cm³/mol. The smallest absolute Gasteiger partial charge is 0.301 e. The van der Waals surface area contributed by atoms with Crippen molar-refractivity contribution >= 4 is 0 Å². The number of halogens is 3. The summed E-state index contributed by atoms with van der Waals surface area (Å²) in [6.45, 7) is 2.34. The number of epoxide rings is 1. The molecule has 7 heteroatoms. The van der Waals surface area contributed by atoms with Crippen LogP contribution < -0.4 is 0 Å². The van der Waals surface area contributed by atoms with Gasteiger partial charge in [-0.25, -0.2) is 9.37 Å². The molecule has 2 rings (SSSR count). The van der Waals surface area contributed by atoms with E-state index >= 15 is 0 Å². The molecule has 1 aliphatic rings. The summed E-state index contributed by atoms with van der Waals surface area (Å²) < 4.78 is 48.1. The molecule has 0 spiro atoms. The molecule has 1 saturated heterocycles. The van der Waals surface area contributed by atoms with Crippen molar-refractivity contribution in [1.29, 1.82) is 0 Å². The Labute approximate surface area is 102 Å². The number of hydrogen-bond acceptors (Lipinski definition) is 3. The number of aryl methyl sites for hydroxylation is 1. The first-order valence-corrected chi connectivity index (χ1v) is 5.52. The molecule has 0 amide bonds. The van der Waals surface area contributed by atoms with Crippen LogP contribution in [0.15, 0.2) is 24.3 Å². The predicted octanol–water partition coefficient (Wildman–Crippen LogP) is 2.40. The normalized spacial score (nSPS) is 22.0. The van der Waals surface area contributed by atoms with Gasteiger partial charge in [-0.15, -0.1) is 0 Å². The van der Waals surface area contributed by atoms with Gasteiger partial charge in [0.05, 0.1) is 13.2 Å². The Morgan fingerprint density at radius 2 is 2.28 bits per heavy atom. The van der Waals surface area contributed by atoms with Crippen molar-refractivity contribution in [1.82, 2.24) is 9.55 Å². The lowest BCUT2D eigenvalue weighted by Crippen LogP contribution is -2.10. The topological polar surface area (TPSA) is 39.6 Å². The molecule has 0 aliphatic carbocycles. The van der Waals surface area contributed by atoms with E-state index in [0.29, 0.717) is 6.54 Å². The second-order valence-electron chi connectivity index (χ2n) is 3.96. The molecular weight excluding hydrogens is 249 g/mol. The lowest BCUT2D eigenvalue weighted by Gasteiger charge is -2.01. The fourth-order valence-electron chi connectivity index (χ4n) is 1.55. The highest BCUT2D eigenvalue weighted by Crippen LogP contribution is 2.26. The maximum atomic E-state index is 12.4. The Bertz CT molecular complexity index is 443. The van der Waals surface area contributed by atoms with Crippen LogP contribution >= 0.6 is 0 Å². The fraction of sp³-hybridized carbons (Fsp3) is 0.545. The summed E-state index contributed by atoms with van der Waals surface area (Å²) in [7, 11) is 0. The van der Waals surface area contributed by atoms with E-state index in [1.165, 1.54) is 0 Å². The quantitative estimate of drug-likeness (QED) is 0.739. The van der Waals surface area contributed by atoms with Crippen molar-refractivity contribution in [3.63, 3.8) is 0 Å². The Kier molecular flexibility index (Phi) is 4.03. The van der Waals surface area contributed by atoms with E-state index in [0.717, 1.165) is 5.82 Å². The zero-order valence-electron chi connectivity index (χ0n) is 9.78. The summed E-state index contributed by atoms with van der Waals surface area (Å²) in [6.07, 6.45) is 0.203. The molecule has 2 unspecified atom stereocenters. The minimum absolute atomic E-state index is 0.118. The summed E-state index contributed by atoms with van der Waals surface area (Å²) in [6, 6.07) is 0. The van der Waals surface area contributed by atoms with Gasteiger partial charge in [-0.1, -0.05) is 0 Å². The molecule has 1 aromatic rings. The highest BCUT2D eigenvalue weighted by molar-refractivity contribution is 4.93. The number of rotatable bonds is 6. The standard InChI is InChI=1S/C11H13F3N2O2/c1-7-15-3-4-16(7)6-9-11(18-9)17-5-2-8(12)10(13)14/h3-4,9,11H,2,5-6H2,1H3. The largest absolute Gasteiger partial charge is 0.349 e. The SMILES string of the molecule is Cc1nccn1CC1OC1OCCC(F)=C(F)F. The van der Waals surface area contributed by atoms with Crippen molar-refractivity contribution < 1.29 is 22.6 Å². The molecule has 0 N–H and O–H groups in total. The Balaban J connectivity index is 1.67. The third-order valence-electron chi connectivity index (χ3n) is 2.64. The van der Waals surface area contributed by atoms with Crippen LogP contribution in [0.5, 0.6) is 0 Å². The summed E-state index contributed by atoms with van der Waals surface area (Å²) in [4.78, 5) is 4.05. The van der Waals surface area contributed by atoms with Crippen LogP contribution in [0.25, 0.3) is 0 Å². The maximum absolute atomic E-state index is 12.4. The minimum atomic E-state index is -2.29. The molecule has 1 aliphatic heterocycles. The second kappa shape index (κ2) is 5.53. The molecule has 100 valence electrons. The molecular formula is C11H13F3N2O2. The Hall–Kier alpha value is -1.34. The van der Waals surface area contributed by atoms with Gasteiger partial charge in [-0.2, -0.15) is 8.78 Å². The number of aromatic nitrogens is 2. The van der Waals surface area contributed by atoms with Crippen molar-refractivity contribution in [2.24, 2.45) is 0 Å². The van der Waals surface area contributed by atoms with E-state index in [2.05, 4.69) is 4.98 Å². The lowest BCUT2D eigenvalue weighted by atomic mass is 10.4. The van der Waals surface area contributed by atoms with E-state index in [4.69, 9.17) is 9.47 Å². The van der Waals surface area contributed by atoms with E-state index in [-0.39, 0.29) is 12.7 Å². The third kappa shape index (κ3) is 3.33. The van der Waals surface area contributed by atoms with E-state index in [1.807, 2.05) is 17.7 Å². The number of ether oxygens (including phenoxy) is 2. The van der Waals surface area contributed by atoms with Gasteiger partial charge in [0.25, 0.3) is 0 Å². The van der Waals surface area contributed by atoms with E-state index in [1.54, 1.807) is 6.20 Å². The molecule has 18 heavy (non-hydrogen) atoms. The molecule has 0 bridgehead atoms. The summed E-state index contributed by atoms with van der Waals surface area (Å²) >= 11 is 0. The average molecular weight is 262 g/mol. The average Bonchev–Trinajstić information content (AvgIpc) is 2.93. The number of imidazole rings is 1. The molecule has 1 fully saturated rings. The van der Waals surface area contributed by atoms with E-state index < -0.39 is 24.6 Å². The fourth-order valence-corrected chi connectivity index (χ4v) is 1.55. The first kappa shape index (κ1) is 13.1. The van der Waals surface area contributed by atoms with Gasteiger partial charge in [0.2, 0.25) is 0 Å². The zero-order valence-corrected chi connectivity index (χ0v) is 9.78. The second-order valence-corrected chi connectivity index (χ2v) is 3.96. The first-order valence-electron chi connectivity index (χ1n) is 5.52. The summed E-state index contributed by atoms with van der Waals surface area (Å²) in [5.74, 6) is -0.574. The highest BCUT2D eigenvalue weighted by Gasteiger charge is 2.40. The van der Waals surface area contributed by atoms with Crippen molar-refractivity contribution in [3.8, 4) is 0 Å². The van der Waals surface area contributed by atoms with Gasteiger partial charge in [-0.05, 0) is 6.92 Å². The van der Waals surface area contributed by atoms with Gasteiger partial charge >= 0.3 is 6.08 Å². The van der Waals surface area contributed by atoms with E-state index in [9.17, 15) is 13.2 Å². The molecule has 0 aromatic carbocycles. The van der Waals surface area contributed by atoms with Crippen LogP contribution in [0.3, 0.4) is 0 Å². The van der Waals surface area contributed by atoms with Gasteiger partial charge < -0.3 is 14.0 Å². The number of nitrogens with zero attached hydrogens (tertiary/aromatic N) is 2. The van der Waals surface area contributed by atoms with Gasteiger partial charge in [-0.3, -0.25) is 0 Å². The summed E-state index contributed by atoms with van der Waals surface area (Å²) in [5, 5.41) is 0. The lowest BCUT2D eigenvalue weighted by molar-refractivity contribution is 0.0495. The van der Waals surface area contributed by atoms with Crippen LogP contribution in [-0.4, -0.2) is 28.6 Å². The van der Waals surface area contributed by atoms with Crippen LogP contribution in [0, 0.1) is 6.92 Å². The van der Waals surface area contributed by atoms with Gasteiger partial charge in [0, 0.05) is 18.8 Å². The maximum Gasteiger partial charge on any atom is 0.301 e. The van der Waals surface area contributed by atoms with Gasteiger partial charge in [0.15, 0.2) is 12.1 Å². The summed E-state index contributed by atoms with van der Waals surface area (Å²) in [5.41, 5.74) is 0. The molecule has 1 aromatic heterocycles. The van der Waals surface area contributed by atoms with Crippen molar-refractivity contribution in [2.45, 2.75) is 32.3 Å². The van der Waals surface area contributed by atoms with Crippen LogP contribution in [0.1, 0.15) is 12.2 Å². The minimum Gasteiger partial charge on any atom is -0.349 e. The Morgan fingerprint density at radius 1 is 1.50 bits per heavy atom. The molecule has 4 nitrogen and oxygen atoms in total. The van der Waals surface area contributed by atoms with Crippen molar-refractivity contribution in [2.75, 3.05) is 6.61 Å². The van der Waals surface area contributed by atoms with Gasteiger partial charge in [0.1, 0.15) is 11.9 Å². The Morgan fingerprint density at radius 3 is 2.89 bits per heavy atom. The van der Waals surface area contributed by atoms with Crippen LogP contribution in [0.4, 0.5) is 13.2 Å². The highest BCUT2D eigenvalue weighted by atomic mass is 19.3. The molecule has 0 radical (unpaired) electrons.